The number of carbonyl (C=O) groups excluding carboxylic acids is 2. The summed E-state index contributed by atoms with van der Waals surface area (Å²) in [6, 6.07) is 16.7. The van der Waals surface area contributed by atoms with Crippen LogP contribution in [-0.4, -0.2) is 54.9 Å². The number of amides is 2. The Balaban J connectivity index is 1.81. The van der Waals surface area contributed by atoms with Crippen LogP contribution in [0.4, 0.5) is 0 Å². The number of rotatable bonds is 13. The van der Waals surface area contributed by atoms with Crippen LogP contribution in [0, 0.1) is 17.8 Å². The molecule has 4 atom stereocenters. The van der Waals surface area contributed by atoms with Crippen LogP contribution in [0.3, 0.4) is 0 Å². The molecule has 1 fully saturated rings. The normalized spacial score (nSPS) is 19.3. The Morgan fingerprint density at radius 1 is 1.06 bits per heavy atom. The monoisotopic (exact) mass is 501 g/mol. The van der Waals surface area contributed by atoms with E-state index in [1.54, 1.807) is 18.2 Å². The van der Waals surface area contributed by atoms with Gasteiger partial charge in [0, 0.05) is 13.1 Å². The Labute approximate surface area is 207 Å². The molecule has 2 aromatic carbocycles. The van der Waals surface area contributed by atoms with Crippen LogP contribution in [0.1, 0.15) is 32.3 Å². The molecule has 0 aliphatic heterocycles. The van der Waals surface area contributed by atoms with Crippen LogP contribution >= 0.6 is 0 Å². The molecular weight excluding hydrogens is 466 g/mol. The fraction of sp³-hybridized carbons (Fsp3) is 0.462. The third-order valence-corrected chi connectivity index (χ3v) is 8.19. The average molecular weight is 502 g/mol. The first-order chi connectivity index (χ1) is 16.6. The number of nitrogens with two attached hydrogens (primary N) is 1. The average Bonchev–Trinajstić information content (AvgIpc) is 3.64. The van der Waals surface area contributed by atoms with Gasteiger partial charge >= 0.3 is 0 Å². The summed E-state index contributed by atoms with van der Waals surface area (Å²) in [6.07, 6.45) is 0.149. The Kier molecular flexibility index (Phi) is 9.04. The van der Waals surface area contributed by atoms with E-state index in [4.69, 9.17) is 5.73 Å². The molecule has 1 saturated carbocycles. The van der Waals surface area contributed by atoms with Gasteiger partial charge in [-0.1, -0.05) is 62.4 Å². The van der Waals surface area contributed by atoms with Crippen LogP contribution < -0.4 is 11.1 Å². The highest BCUT2D eigenvalue weighted by molar-refractivity contribution is 7.89. The SMILES string of the molecule is CC(C)CCN(CC(O)C(Cc1ccccc1)NC(=O)C1CC1C(N)=O)S(=O)(=O)c1ccccc1. The van der Waals surface area contributed by atoms with Gasteiger partial charge in [0.2, 0.25) is 21.8 Å². The van der Waals surface area contributed by atoms with Crippen molar-refractivity contribution in [3.8, 4) is 0 Å². The highest BCUT2D eigenvalue weighted by Gasteiger charge is 2.47. The maximum absolute atomic E-state index is 13.4. The summed E-state index contributed by atoms with van der Waals surface area (Å²) >= 11 is 0. The minimum atomic E-state index is -3.85. The Bertz CT molecular complexity index is 1090. The zero-order valence-corrected chi connectivity index (χ0v) is 21.0. The smallest absolute Gasteiger partial charge is 0.243 e. The lowest BCUT2D eigenvalue weighted by molar-refractivity contribution is -0.127. The molecule has 3 rings (SSSR count). The molecule has 0 spiro atoms. The first-order valence-corrected chi connectivity index (χ1v) is 13.4. The number of benzene rings is 2. The first kappa shape index (κ1) is 26.8. The zero-order chi connectivity index (χ0) is 25.6. The number of hydrogen-bond acceptors (Lipinski definition) is 5. The molecule has 4 N–H and O–H groups in total. The van der Waals surface area contributed by atoms with Gasteiger partial charge in [-0.3, -0.25) is 9.59 Å². The molecule has 8 nitrogen and oxygen atoms in total. The van der Waals surface area contributed by atoms with E-state index in [0.29, 0.717) is 19.3 Å². The van der Waals surface area contributed by atoms with Crippen molar-refractivity contribution in [2.24, 2.45) is 23.5 Å². The number of aliphatic hydroxyl groups excluding tert-OH is 1. The lowest BCUT2D eigenvalue weighted by Gasteiger charge is -2.30. The van der Waals surface area contributed by atoms with Gasteiger partial charge < -0.3 is 16.2 Å². The quantitative estimate of drug-likeness (QED) is 0.386. The molecule has 35 heavy (non-hydrogen) atoms. The second-order valence-corrected chi connectivity index (χ2v) is 11.5. The van der Waals surface area contributed by atoms with Gasteiger partial charge in [0.25, 0.3) is 0 Å². The number of nitrogens with zero attached hydrogens (tertiary/aromatic N) is 1. The summed E-state index contributed by atoms with van der Waals surface area (Å²) in [5, 5.41) is 14.1. The van der Waals surface area contributed by atoms with Crippen molar-refractivity contribution in [1.29, 1.82) is 0 Å². The molecule has 4 unspecified atom stereocenters. The van der Waals surface area contributed by atoms with E-state index in [-0.39, 0.29) is 29.8 Å². The van der Waals surface area contributed by atoms with Crippen molar-refractivity contribution in [1.82, 2.24) is 9.62 Å². The van der Waals surface area contributed by atoms with E-state index in [2.05, 4.69) is 5.32 Å². The van der Waals surface area contributed by atoms with Crippen LogP contribution in [-0.2, 0) is 26.0 Å². The van der Waals surface area contributed by atoms with Crippen LogP contribution in [0.15, 0.2) is 65.6 Å². The van der Waals surface area contributed by atoms with Gasteiger partial charge in [-0.2, -0.15) is 4.31 Å². The van der Waals surface area contributed by atoms with E-state index in [9.17, 15) is 23.1 Å². The summed E-state index contributed by atoms with van der Waals surface area (Å²) in [5.74, 6) is -1.61. The molecule has 1 aliphatic rings. The third-order valence-electron chi connectivity index (χ3n) is 6.31. The Hall–Kier alpha value is -2.75. The molecule has 0 radical (unpaired) electrons. The van der Waals surface area contributed by atoms with E-state index >= 15 is 0 Å². The zero-order valence-electron chi connectivity index (χ0n) is 20.2. The molecule has 1 aliphatic carbocycles. The summed E-state index contributed by atoms with van der Waals surface area (Å²) in [6.45, 7) is 4.08. The first-order valence-electron chi connectivity index (χ1n) is 12.0. The van der Waals surface area contributed by atoms with E-state index in [1.807, 2.05) is 44.2 Å². The largest absolute Gasteiger partial charge is 0.390 e. The number of sulfonamides is 1. The van der Waals surface area contributed by atoms with Crippen molar-refractivity contribution < 1.29 is 23.1 Å². The highest BCUT2D eigenvalue weighted by Crippen LogP contribution is 2.38. The Morgan fingerprint density at radius 3 is 2.20 bits per heavy atom. The van der Waals surface area contributed by atoms with Gasteiger partial charge in [0.05, 0.1) is 28.9 Å². The predicted octanol–water partition coefficient (Wildman–Crippen LogP) is 1.93. The van der Waals surface area contributed by atoms with E-state index < -0.39 is 39.9 Å². The molecule has 0 bridgehead atoms. The van der Waals surface area contributed by atoms with Crippen molar-refractivity contribution in [2.45, 2.75) is 50.2 Å². The van der Waals surface area contributed by atoms with E-state index in [0.717, 1.165) is 5.56 Å². The second kappa shape index (κ2) is 11.8. The molecule has 2 aromatic rings. The maximum atomic E-state index is 13.4. The standard InChI is InChI=1S/C26H35N3O5S/c1-18(2)13-14-29(35(33,34)20-11-7-4-8-12-20)17-24(30)23(15-19-9-5-3-6-10-19)28-26(32)22-16-21(22)25(27)31/h3-12,18,21-24,30H,13-17H2,1-2H3,(H2,27,31)(H,28,32). The predicted molar refractivity (Wildman–Crippen MR) is 134 cm³/mol. The number of hydrogen-bond donors (Lipinski definition) is 3. The molecule has 9 heteroatoms. The van der Waals surface area contributed by atoms with Crippen LogP contribution in [0.25, 0.3) is 0 Å². The second-order valence-electron chi connectivity index (χ2n) is 9.58. The molecule has 0 saturated heterocycles. The summed E-state index contributed by atoms with van der Waals surface area (Å²) in [7, 11) is -3.85. The van der Waals surface area contributed by atoms with Crippen molar-refractivity contribution in [3.63, 3.8) is 0 Å². The highest BCUT2D eigenvalue weighted by atomic mass is 32.2. The van der Waals surface area contributed by atoms with Gasteiger partial charge in [-0.05, 0) is 42.9 Å². The topological polar surface area (TPSA) is 130 Å². The third kappa shape index (κ3) is 7.37. The van der Waals surface area contributed by atoms with Crippen LogP contribution in [0.2, 0.25) is 0 Å². The van der Waals surface area contributed by atoms with E-state index in [1.165, 1.54) is 16.4 Å². The summed E-state index contributed by atoms with van der Waals surface area (Å²) in [5.41, 5.74) is 6.21. The number of primary amides is 1. The number of carbonyl (C=O) groups is 2. The molecule has 2 amide bonds. The molecule has 190 valence electrons. The molecular formula is C26H35N3O5S. The van der Waals surface area contributed by atoms with Crippen molar-refractivity contribution in [2.75, 3.05) is 13.1 Å². The number of aliphatic hydroxyl groups is 1. The van der Waals surface area contributed by atoms with Crippen molar-refractivity contribution in [3.05, 3.63) is 66.2 Å². The number of nitrogens with one attached hydrogen (secondary N) is 1. The lowest BCUT2D eigenvalue weighted by atomic mass is 10.0. The Morgan fingerprint density at radius 2 is 1.66 bits per heavy atom. The summed E-state index contributed by atoms with van der Waals surface area (Å²) in [4.78, 5) is 24.4. The fourth-order valence-electron chi connectivity index (χ4n) is 4.03. The lowest BCUT2D eigenvalue weighted by Crippen LogP contribution is -2.51. The fourth-order valence-corrected chi connectivity index (χ4v) is 5.52. The molecule has 0 heterocycles. The van der Waals surface area contributed by atoms with Gasteiger partial charge in [0.1, 0.15) is 0 Å². The van der Waals surface area contributed by atoms with Crippen molar-refractivity contribution >= 4 is 21.8 Å². The minimum absolute atomic E-state index is 0.155. The minimum Gasteiger partial charge on any atom is -0.390 e. The summed E-state index contributed by atoms with van der Waals surface area (Å²) < 4.78 is 28.1. The maximum Gasteiger partial charge on any atom is 0.243 e. The van der Waals surface area contributed by atoms with Gasteiger partial charge in [-0.15, -0.1) is 0 Å². The van der Waals surface area contributed by atoms with Crippen LogP contribution in [0.5, 0.6) is 0 Å². The van der Waals surface area contributed by atoms with Gasteiger partial charge in [-0.25, -0.2) is 8.42 Å². The van der Waals surface area contributed by atoms with Gasteiger partial charge in [0.15, 0.2) is 0 Å². The molecule has 0 aromatic heterocycles.